The highest BCUT2D eigenvalue weighted by Gasteiger charge is 2.18. The van der Waals surface area contributed by atoms with Gasteiger partial charge in [-0.1, -0.05) is 24.8 Å². The van der Waals surface area contributed by atoms with Gasteiger partial charge in [0.15, 0.2) is 0 Å². The molecule has 1 unspecified atom stereocenters. The molecule has 1 N–H and O–H groups in total. The SMILES string of the molecule is CCCc1nnsc1C(=O)NC(CC)CC#N. The minimum absolute atomic E-state index is 0.0934. The summed E-state index contributed by atoms with van der Waals surface area (Å²) in [6, 6.07) is 1.97. The van der Waals surface area contributed by atoms with Crippen molar-refractivity contribution in [2.75, 3.05) is 0 Å². The standard InChI is InChI=1S/C11H16N4OS/c1-3-5-9-10(17-15-14-9)11(16)13-8(4-2)6-7-12/h8H,3-6H2,1-2H3,(H,13,16). The molecule has 0 aromatic carbocycles. The van der Waals surface area contributed by atoms with E-state index in [2.05, 4.69) is 21.0 Å². The molecule has 0 spiro atoms. The molecule has 0 aliphatic heterocycles. The van der Waals surface area contributed by atoms with Gasteiger partial charge >= 0.3 is 0 Å². The maximum absolute atomic E-state index is 12.0. The monoisotopic (exact) mass is 252 g/mol. The number of nitrogens with zero attached hydrogens (tertiary/aromatic N) is 3. The zero-order chi connectivity index (χ0) is 12.7. The van der Waals surface area contributed by atoms with E-state index in [0.717, 1.165) is 36.5 Å². The fourth-order valence-electron chi connectivity index (χ4n) is 1.44. The molecule has 17 heavy (non-hydrogen) atoms. The summed E-state index contributed by atoms with van der Waals surface area (Å²) in [4.78, 5) is 12.5. The number of amides is 1. The third kappa shape index (κ3) is 3.79. The number of aryl methyl sites for hydroxylation is 1. The van der Waals surface area contributed by atoms with Gasteiger partial charge in [-0.25, -0.2) is 0 Å². The average molecular weight is 252 g/mol. The zero-order valence-corrected chi connectivity index (χ0v) is 10.9. The Bertz CT molecular complexity index is 410. The number of nitriles is 1. The van der Waals surface area contributed by atoms with Gasteiger partial charge in [0.1, 0.15) is 4.88 Å². The van der Waals surface area contributed by atoms with E-state index in [9.17, 15) is 4.79 Å². The first-order valence-corrected chi connectivity index (χ1v) is 6.49. The zero-order valence-electron chi connectivity index (χ0n) is 10.1. The van der Waals surface area contributed by atoms with E-state index in [0.29, 0.717) is 11.3 Å². The first kappa shape index (κ1) is 13.6. The summed E-state index contributed by atoms with van der Waals surface area (Å²) in [5.74, 6) is -0.162. The van der Waals surface area contributed by atoms with Crippen molar-refractivity contribution in [1.29, 1.82) is 5.26 Å². The van der Waals surface area contributed by atoms with Gasteiger partial charge in [-0.05, 0) is 24.4 Å². The van der Waals surface area contributed by atoms with Crippen molar-refractivity contribution < 1.29 is 4.79 Å². The molecular weight excluding hydrogens is 236 g/mol. The smallest absolute Gasteiger partial charge is 0.265 e. The van der Waals surface area contributed by atoms with Gasteiger partial charge in [-0.15, -0.1) is 5.10 Å². The van der Waals surface area contributed by atoms with Crippen LogP contribution in [0.4, 0.5) is 0 Å². The topological polar surface area (TPSA) is 78.7 Å². The van der Waals surface area contributed by atoms with E-state index in [1.807, 2.05) is 13.8 Å². The summed E-state index contributed by atoms with van der Waals surface area (Å²) in [7, 11) is 0. The van der Waals surface area contributed by atoms with Crippen LogP contribution in [0.15, 0.2) is 0 Å². The summed E-state index contributed by atoms with van der Waals surface area (Å²) in [6.07, 6.45) is 2.77. The number of rotatable bonds is 6. The van der Waals surface area contributed by atoms with Crippen molar-refractivity contribution >= 4 is 17.4 Å². The summed E-state index contributed by atoms with van der Waals surface area (Å²) in [5.41, 5.74) is 0.752. The molecule has 0 fully saturated rings. The number of hydrogen-bond acceptors (Lipinski definition) is 5. The Morgan fingerprint density at radius 1 is 1.59 bits per heavy atom. The molecular formula is C11H16N4OS. The second kappa shape index (κ2) is 6.97. The molecule has 0 aliphatic rings. The van der Waals surface area contributed by atoms with Gasteiger partial charge in [-0.3, -0.25) is 4.79 Å². The van der Waals surface area contributed by atoms with E-state index in [1.54, 1.807) is 0 Å². The lowest BCUT2D eigenvalue weighted by Crippen LogP contribution is -2.34. The van der Waals surface area contributed by atoms with Crippen molar-refractivity contribution in [3.63, 3.8) is 0 Å². The maximum atomic E-state index is 12.0. The van der Waals surface area contributed by atoms with Crippen molar-refractivity contribution in [2.24, 2.45) is 0 Å². The van der Waals surface area contributed by atoms with E-state index in [1.165, 1.54) is 0 Å². The molecule has 5 nitrogen and oxygen atoms in total. The van der Waals surface area contributed by atoms with Crippen molar-refractivity contribution in [3.05, 3.63) is 10.6 Å². The highest BCUT2D eigenvalue weighted by molar-refractivity contribution is 7.08. The van der Waals surface area contributed by atoms with Crippen molar-refractivity contribution in [2.45, 2.75) is 45.6 Å². The summed E-state index contributed by atoms with van der Waals surface area (Å²) in [5, 5.41) is 15.4. The van der Waals surface area contributed by atoms with Crippen LogP contribution < -0.4 is 5.32 Å². The Labute approximate surface area is 105 Å². The third-order valence-electron chi connectivity index (χ3n) is 2.41. The lowest BCUT2D eigenvalue weighted by atomic mass is 10.1. The summed E-state index contributed by atoms with van der Waals surface area (Å²) >= 11 is 1.11. The minimum atomic E-state index is -0.162. The first-order valence-electron chi connectivity index (χ1n) is 5.71. The quantitative estimate of drug-likeness (QED) is 0.838. The van der Waals surface area contributed by atoms with Gasteiger partial charge in [-0.2, -0.15) is 5.26 Å². The second-order valence-corrected chi connectivity index (χ2v) is 4.49. The Morgan fingerprint density at radius 3 is 2.94 bits per heavy atom. The molecule has 1 amide bonds. The number of hydrogen-bond donors (Lipinski definition) is 1. The Morgan fingerprint density at radius 2 is 2.35 bits per heavy atom. The first-order chi connectivity index (χ1) is 8.22. The molecule has 1 heterocycles. The van der Waals surface area contributed by atoms with E-state index in [-0.39, 0.29) is 11.9 Å². The maximum Gasteiger partial charge on any atom is 0.265 e. The molecule has 1 aromatic heterocycles. The Kier molecular flexibility index (Phi) is 5.57. The van der Waals surface area contributed by atoms with Crippen LogP contribution in [0.25, 0.3) is 0 Å². The summed E-state index contributed by atoms with van der Waals surface area (Å²) < 4.78 is 3.81. The number of carbonyl (C=O) groups is 1. The molecule has 1 aromatic rings. The minimum Gasteiger partial charge on any atom is -0.347 e. The van der Waals surface area contributed by atoms with Gasteiger partial charge in [0.25, 0.3) is 5.91 Å². The molecule has 1 atom stereocenters. The van der Waals surface area contributed by atoms with Crippen molar-refractivity contribution in [1.82, 2.24) is 14.9 Å². The largest absolute Gasteiger partial charge is 0.347 e. The van der Waals surface area contributed by atoms with E-state index < -0.39 is 0 Å². The van der Waals surface area contributed by atoms with E-state index >= 15 is 0 Å². The summed E-state index contributed by atoms with van der Waals surface area (Å²) in [6.45, 7) is 3.98. The van der Waals surface area contributed by atoms with Gasteiger partial charge in [0.05, 0.1) is 18.2 Å². The van der Waals surface area contributed by atoms with Crippen LogP contribution in [-0.4, -0.2) is 21.5 Å². The number of carbonyl (C=O) groups excluding carboxylic acids is 1. The highest BCUT2D eigenvalue weighted by Crippen LogP contribution is 2.13. The lowest BCUT2D eigenvalue weighted by molar-refractivity contribution is 0.0939. The number of nitrogens with one attached hydrogen (secondary N) is 1. The fourth-order valence-corrected chi connectivity index (χ4v) is 2.05. The molecule has 0 bridgehead atoms. The van der Waals surface area contributed by atoms with Crippen LogP contribution >= 0.6 is 11.5 Å². The number of aromatic nitrogens is 2. The normalized spacial score (nSPS) is 11.8. The molecule has 0 saturated heterocycles. The Hall–Kier alpha value is -1.48. The predicted octanol–water partition coefficient (Wildman–Crippen LogP) is 1.91. The lowest BCUT2D eigenvalue weighted by Gasteiger charge is -2.12. The molecule has 0 radical (unpaired) electrons. The van der Waals surface area contributed by atoms with Gasteiger partial charge < -0.3 is 5.32 Å². The van der Waals surface area contributed by atoms with E-state index in [4.69, 9.17) is 5.26 Å². The van der Waals surface area contributed by atoms with Crippen LogP contribution in [0, 0.1) is 11.3 Å². The highest BCUT2D eigenvalue weighted by atomic mass is 32.1. The molecule has 92 valence electrons. The molecule has 1 rings (SSSR count). The molecule has 0 aliphatic carbocycles. The Balaban J connectivity index is 2.69. The van der Waals surface area contributed by atoms with Crippen LogP contribution in [0.1, 0.15) is 48.5 Å². The van der Waals surface area contributed by atoms with Gasteiger partial charge in [0.2, 0.25) is 0 Å². The molecule has 6 heteroatoms. The third-order valence-corrected chi connectivity index (χ3v) is 3.18. The predicted molar refractivity (Wildman–Crippen MR) is 65.7 cm³/mol. The average Bonchev–Trinajstić information content (AvgIpc) is 2.77. The van der Waals surface area contributed by atoms with Crippen LogP contribution in [0.5, 0.6) is 0 Å². The van der Waals surface area contributed by atoms with Crippen LogP contribution in [0.2, 0.25) is 0 Å². The fraction of sp³-hybridized carbons (Fsp3) is 0.636. The van der Waals surface area contributed by atoms with Crippen molar-refractivity contribution in [3.8, 4) is 6.07 Å². The van der Waals surface area contributed by atoms with Gasteiger partial charge in [0, 0.05) is 6.04 Å². The van der Waals surface area contributed by atoms with Crippen LogP contribution in [0.3, 0.4) is 0 Å². The molecule has 0 saturated carbocycles. The van der Waals surface area contributed by atoms with Crippen LogP contribution in [-0.2, 0) is 6.42 Å². The second-order valence-electron chi connectivity index (χ2n) is 3.74.